The normalized spacial score (nSPS) is 11.1. The first kappa shape index (κ1) is 39.5. The van der Waals surface area contributed by atoms with E-state index in [4.69, 9.17) is 33.2 Å². The third kappa shape index (κ3) is 32.9. The van der Waals surface area contributed by atoms with Crippen LogP contribution in [0, 0.1) is 0 Å². The highest BCUT2D eigenvalue weighted by molar-refractivity contribution is 5.86. The van der Waals surface area contributed by atoms with Gasteiger partial charge in [0.1, 0.15) is 13.2 Å². The van der Waals surface area contributed by atoms with Crippen molar-refractivity contribution in [3.8, 4) is 0 Å². The molecule has 0 amide bonds. The maximum Gasteiger partial charge on any atom is 0.333 e. The van der Waals surface area contributed by atoms with E-state index in [1.54, 1.807) is 6.92 Å². The molecule has 0 aromatic heterocycles. The Labute approximate surface area is 249 Å². The molecule has 0 rings (SSSR count). The molecule has 0 N–H and O–H groups in total. The average Bonchev–Trinajstić information content (AvgIpc) is 2.96. The van der Waals surface area contributed by atoms with Crippen LogP contribution < -0.4 is 0 Å². The van der Waals surface area contributed by atoms with Crippen LogP contribution in [0.1, 0.15) is 104 Å². The van der Waals surface area contributed by atoms with E-state index < -0.39 is 5.97 Å². The minimum absolute atomic E-state index is 0.136. The van der Waals surface area contributed by atoms with Crippen LogP contribution in [0.15, 0.2) is 12.2 Å². The highest BCUT2D eigenvalue weighted by Gasteiger charge is 2.03. The van der Waals surface area contributed by atoms with Crippen molar-refractivity contribution < 1.29 is 42.7 Å². The van der Waals surface area contributed by atoms with Gasteiger partial charge >= 0.3 is 11.9 Å². The largest absolute Gasteiger partial charge is 0.463 e. The Morgan fingerprint density at radius 1 is 0.463 bits per heavy atom. The van der Waals surface area contributed by atoms with Crippen molar-refractivity contribution in [1.29, 1.82) is 0 Å². The molecule has 0 spiro atoms. The van der Waals surface area contributed by atoms with E-state index >= 15 is 0 Å². The molecule has 41 heavy (non-hydrogen) atoms. The van der Waals surface area contributed by atoms with Gasteiger partial charge in [-0.3, -0.25) is 4.79 Å². The first-order valence-electron chi connectivity index (χ1n) is 15.9. The summed E-state index contributed by atoms with van der Waals surface area (Å²) in [5.41, 5.74) is 0.372. The Kier molecular flexibility index (Phi) is 31.8. The van der Waals surface area contributed by atoms with Crippen molar-refractivity contribution in [2.24, 2.45) is 0 Å². The van der Waals surface area contributed by atoms with E-state index in [0.717, 1.165) is 12.8 Å². The van der Waals surface area contributed by atoms with Crippen molar-refractivity contribution in [3.63, 3.8) is 0 Å². The molecule has 0 aromatic rings. The molecule has 0 bridgehead atoms. The van der Waals surface area contributed by atoms with Crippen LogP contribution in [0.3, 0.4) is 0 Å². The summed E-state index contributed by atoms with van der Waals surface area (Å²) in [6.07, 6.45) is 17.3. The van der Waals surface area contributed by atoms with Gasteiger partial charge in [0.25, 0.3) is 0 Å². The lowest BCUT2D eigenvalue weighted by Crippen LogP contribution is -2.15. The van der Waals surface area contributed by atoms with Crippen LogP contribution in [0.25, 0.3) is 0 Å². The Balaban J connectivity index is 3.17. The van der Waals surface area contributed by atoms with Crippen LogP contribution in [0.4, 0.5) is 0 Å². The lowest BCUT2D eigenvalue weighted by Gasteiger charge is -2.08. The van der Waals surface area contributed by atoms with Crippen LogP contribution in [0.2, 0.25) is 0 Å². The molecule has 0 saturated carbocycles. The smallest absolute Gasteiger partial charge is 0.333 e. The molecule has 0 aromatic carbocycles. The van der Waals surface area contributed by atoms with Crippen molar-refractivity contribution in [1.82, 2.24) is 0 Å². The number of ether oxygens (including phenoxy) is 7. The van der Waals surface area contributed by atoms with Gasteiger partial charge in [0.15, 0.2) is 0 Å². The summed E-state index contributed by atoms with van der Waals surface area (Å²) < 4.78 is 37.1. The van der Waals surface area contributed by atoms with Crippen LogP contribution in [0.5, 0.6) is 0 Å². The van der Waals surface area contributed by atoms with Gasteiger partial charge in [-0.1, -0.05) is 90.6 Å². The molecule has 9 heteroatoms. The van der Waals surface area contributed by atoms with Crippen LogP contribution >= 0.6 is 0 Å². The molecule has 9 nitrogen and oxygen atoms in total. The second-order valence-corrected chi connectivity index (χ2v) is 10.2. The lowest BCUT2D eigenvalue weighted by molar-refractivity contribution is -0.145. The van der Waals surface area contributed by atoms with Crippen molar-refractivity contribution >= 4 is 11.9 Å². The zero-order chi connectivity index (χ0) is 30.1. The fourth-order valence-corrected chi connectivity index (χ4v) is 3.87. The first-order valence-corrected chi connectivity index (χ1v) is 15.9. The van der Waals surface area contributed by atoms with Gasteiger partial charge in [0.2, 0.25) is 0 Å². The van der Waals surface area contributed by atoms with Crippen LogP contribution in [-0.2, 0) is 42.7 Å². The number of hydrogen-bond acceptors (Lipinski definition) is 9. The summed E-state index contributed by atoms with van der Waals surface area (Å²) in [5.74, 6) is -0.547. The number of rotatable bonds is 33. The Morgan fingerprint density at radius 2 is 0.780 bits per heavy atom. The molecule has 0 aliphatic carbocycles. The number of esters is 2. The second-order valence-electron chi connectivity index (χ2n) is 10.2. The summed E-state index contributed by atoms with van der Waals surface area (Å²) in [7, 11) is 0. The van der Waals surface area contributed by atoms with Crippen molar-refractivity contribution in [3.05, 3.63) is 12.2 Å². The van der Waals surface area contributed by atoms with E-state index in [0.29, 0.717) is 78.1 Å². The van der Waals surface area contributed by atoms with Crippen molar-refractivity contribution in [2.45, 2.75) is 104 Å². The quantitative estimate of drug-likeness (QED) is 0.0503. The third-order valence-corrected chi connectivity index (χ3v) is 6.27. The maximum atomic E-state index is 11.8. The minimum Gasteiger partial charge on any atom is -0.463 e. The summed E-state index contributed by atoms with van der Waals surface area (Å²) >= 11 is 0. The molecule has 242 valence electrons. The molecule has 0 radical (unpaired) electrons. The maximum absolute atomic E-state index is 11.8. The fraction of sp³-hybridized carbons (Fsp3) is 0.875. The molecule has 0 saturated heterocycles. The molecule has 0 fully saturated rings. The van der Waals surface area contributed by atoms with E-state index in [-0.39, 0.29) is 19.2 Å². The number of unbranched alkanes of at least 4 members (excludes halogenated alkanes) is 12. The minimum atomic E-state index is -0.411. The van der Waals surface area contributed by atoms with Gasteiger partial charge in [-0.25, -0.2) is 4.79 Å². The lowest BCUT2D eigenvalue weighted by atomic mass is 10.0. The monoisotopic (exact) mass is 588 g/mol. The Bertz CT molecular complexity index is 598. The highest BCUT2D eigenvalue weighted by atomic mass is 16.6. The topological polar surface area (TPSA) is 98.8 Å². The summed E-state index contributed by atoms with van der Waals surface area (Å²) in [5, 5.41) is 0. The summed E-state index contributed by atoms with van der Waals surface area (Å²) in [6.45, 7) is 12.2. The zero-order valence-corrected chi connectivity index (χ0v) is 26.3. The van der Waals surface area contributed by atoms with E-state index in [1.807, 2.05) is 0 Å². The standard InChI is InChI=1S/C32H60O9/c1-4-5-6-7-8-9-10-11-12-13-14-15-16-17-31(33)40-28-26-38-24-22-36-20-18-35-19-21-37-23-25-39-27-29-41-32(34)30(2)3/h2,4-29H2,1,3H3. The van der Waals surface area contributed by atoms with E-state index in [2.05, 4.69) is 13.5 Å². The van der Waals surface area contributed by atoms with E-state index in [1.165, 1.54) is 70.6 Å². The number of carbonyl (C=O) groups is 2. The van der Waals surface area contributed by atoms with Gasteiger partial charge in [-0.2, -0.15) is 0 Å². The summed E-state index contributed by atoms with van der Waals surface area (Å²) in [6, 6.07) is 0. The number of hydrogen-bond donors (Lipinski definition) is 0. The fourth-order valence-electron chi connectivity index (χ4n) is 3.87. The molecule has 0 atom stereocenters. The van der Waals surface area contributed by atoms with Gasteiger partial charge < -0.3 is 33.2 Å². The highest BCUT2D eigenvalue weighted by Crippen LogP contribution is 2.13. The Hall–Kier alpha value is -1.52. The van der Waals surface area contributed by atoms with Gasteiger partial charge in [-0.05, 0) is 13.3 Å². The molecule has 0 heterocycles. The zero-order valence-electron chi connectivity index (χ0n) is 26.3. The molecular formula is C32H60O9. The predicted octanol–water partition coefficient (Wildman–Crippen LogP) is 6.21. The molecular weight excluding hydrogens is 528 g/mol. The molecule has 0 aliphatic rings. The summed E-state index contributed by atoms with van der Waals surface area (Å²) in [4.78, 5) is 23.0. The predicted molar refractivity (Wildman–Crippen MR) is 161 cm³/mol. The second kappa shape index (κ2) is 33.0. The van der Waals surface area contributed by atoms with Gasteiger partial charge in [0.05, 0.1) is 66.1 Å². The SMILES string of the molecule is C=C(C)C(=O)OCCOCCOCCOCCOCCOCCOC(=O)CCCCCCCCCCCCCCC. The van der Waals surface area contributed by atoms with Crippen molar-refractivity contribution in [2.75, 3.05) is 79.3 Å². The van der Waals surface area contributed by atoms with Gasteiger partial charge in [-0.15, -0.1) is 0 Å². The molecule has 0 unspecified atom stereocenters. The number of carbonyl (C=O) groups excluding carboxylic acids is 2. The third-order valence-electron chi connectivity index (χ3n) is 6.27. The molecule has 0 aliphatic heterocycles. The van der Waals surface area contributed by atoms with Crippen LogP contribution in [-0.4, -0.2) is 91.2 Å². The Morgan fingerprint density at radius 3 is 1.15 bits per heavy atom. The van der Waals surface area contributed by atoms with Gasteiger partial charge in [0, 0.05) is 12.0 Å². The van der Waals surface area contributed by atoms with E-state index in [9.17, 15) is 9.59 Å². The first-order chi connectivity index (χ1) is 20.1. The average molecular weight is 589 g/mol.